The minimum absolute atomic E-state index is 0.310. The van der Waals surface area contributed by atoms with Crippen LogP contribution in [0.25, 0.3) is 0 Å². The van der Waals surface area contributed by atoms with Crippen molar-refractivity contribution < 1.29 is 4.74 Å². The van der Waals surface area contributed by atoms with E-state index in [0.29, 0.717) is 18.0 Å². The van der Waals surface area contributed by atoms with E-state index in [1.165, 1.54) is 0 Å². The van der Waals surface area contributed by atoms with Gasteiger partial charge in [0.05, 0.1) is 18.1 Å². The molecule has 1 aromatic rings. The third-order valence-electron chi connectivity index (χ3n) is 2.55. The second kappa shape index (κ2) is 3.92. The second-order valence-corrected chi connectivity index (χ2v) is 3.69. The molecule has 0 amide bonds. The SMILES string of the molecule is CNC1CC(Oc2cnc(C)cn2)C1. The summed E-state index contributed by atoms with van der Waals surface area (Å²) in [6.45, 7) is 1.91. The molecule has 14 heavy (non-hydrogen) atoms. The van der Waals surface area contributed by atoms with Gasteiger partial charge in [-0.2, -0.15) is 0 Å². The van der Waals surface area contributed by atoms with E-state index in [0.717, 1.165) is 18.5 Å². The number of hydrogen-bond donors (Lipinski definition) is 1. The van der Waals surface area contributed by atoms with E-state index in [-0.39, 0.29) is 0 Å². The Kier molecular flexibility index (Phi) is 2.63. The van der Waals surface area contributed by atoms with E-state index in [1.807, 2.05) is 14.0 Å². The van der Waals surface area contributed by atoms with Crippen molar-refractivity contribution in [3.05, 3.63) is 18.1 Å². The van der Waals surface area contributed by atoms with Crippen LogP contribution in [0.5, 0.6) is 5.88 Å². The Labute approximate surface area is 83.7 Å². The summed E-state index contributed by atoms with van der Waals surface area (Å²) in [4.78, 5) is 8.27. The fraction of sp³-hybridized carbons (Fsp3) is 0.600. The highest BCUT2D eigenvalue weighted by atomic mass is 16.5. The lowest BCUT2D eigenvalue weighted by Crippen LogP contribution is -2.45. The maximum Gasteiger partial charge on any atom is 0.232 e. The zero-order valence-corrected chi connectivity index (χ0v) is 8.53. The van der Waals surface area contributed by atoms with Gasteiger partial charge < -0.3 is 10.1 Å². The first kappa shape index (κ1) is 9.40. The molecule has 0 spiro atoms. The lowest BCUT2D eigenvalue weighted by Gasteiger charge is -2.34. The van der Waals surface area contributed by atoms with Gasteiger partial charge in [0.25, 0.3) is 0 Å². The van der Waals surface area contributed by atoms with Gasteiger partial charge in [0, 0.05) is 6.04 Å². The van der Waals surface area contributed by atoms with Crippen LogP contribution in [0.2, 0.25) is 0 Å². The van der Waals surface area contributed by atoms with Crippen molar-refractivity contribution in [1.29, 1.82) is 0 Å². The van der Waals surface area contributed by atoms with Crippen LogP contribution in [0.4, 0.5) is 0 Å². The van der Waals surface area contributed by atoms with Gasteiger partial charge in [-0.25, -0.2) is 4.98 Å². The molecule has 1 heterocycles. The Balaban J connectivity index is 1.84. The van der Waals surface area contributed by atoms with Gasteiger partial charge in [-0.05, 0) is 26.8 Å². The van der Waals surface area contributed by atoms with Gasteiger partial charge in [-0.15, -0.1) is 0 Å². The summed E-state index contributed by atoms with van der Waals surface area (Å²) in [5.41, 5.74) is 0.916. The normalized spacial score (nSPS) is 25.6. The molecule has 1 N–H and O–H groups in total. The number of nitrogens with zero attached hydrogens (tertiary/aromatic N) is 2. The summed E-state index contributed by atoms with van der Waals surface area (Å²) in [5, 5.41) is 3.21. The predicted molar refractivity (Wildman–Crippen MR) is 53.3 cm³/mol. The molecule has 0 saturated heterocycles. The van der Waals surface area contributed by atoms with Crippen molar-refractivity contribution in [2.45, 2.75) is 31.9 Å². The highest BCUT2D eigenvalue weighted by molar-refractivity contribution is 5.07. The summed E-state index contributed by atoms with van der Waals surface area (Å²) in [7, 11) is 1.98. The van der Waals surface area contributed by atoms with Gasteiger partial charge >= 0.3 is 0 Å². The van der Waals surface area contributed by atoms with Gasteiger partial charge in [0.1, 0.15) is 6.10 Å². The van der Waals surface area contributed by atoms with Crippen LogP contribution < -0.4 is 10.1 Å². The highest BCUT2D eigenvalue weighted by Crippen LogP contribution is 2.24. The number of rotatable bonds is 3. The topological polar surface area (TPSA) is 47.0 Å². The van der Waals surface area contributed by atoms with Gasteiger partial charge in [-0.3, -0.25) is 4.98 Å². The number of aromatic nitrogens is 2. The molecule has 1 aliphatic carbocycles. The molecule has 4 heteroatoms. The molecule has 1 fully saturated rings. The molecule has 0 bridgehead atoms. The Morgan fingerprint density at radius 3 is 2.71 bits per heavy atom. The van der Waals surface area contributed by atoms with Crippen molar-refractivity contribution in [2.24, 2.45) is 0 Å². The summed E-state index contributed by atoms with van der Waals surface area (Å²) in [6.07, 6.45) is 5.84. The van der Waals surface area contributed by atoms with E-state index in [4.69, 9.17) is 4.74 Å². The third-order valence-corrected chi connectivity index (χ3v) is 2.55. The number of aryl methyl sites for hydroxylation is 1. The molecular weight excluding hydrogens is 178 g/mol. The third kappa shape index (κ3) is 2.01. The minimum Gasteiger partial charge on any atom is -0.473 e. The zero-order chi connectivity index (χ0) is 9.97. The largest absolute Gasteiger partial charge is 0.473 e. The molecule has 0 aliphatic heterocycles. The van der Waals surface area contributed by atoms with Crippen molar-refractivity contribution in [3.8, 4) is 5.88 Å². The van der Waals surface area contributed by atoms with Gasteiger partial charge in [0.15, 0.2) is 0 Å². The number of nitrogens with one attached hydrogen (secondary N) is 1. The van der Waals surface area contributed by atoms with Crippen molar-refractivity contribution in [3.63, 3.8) is 0 Å². The molecule has 0 radical (unpaired) electrons. The molecule has 4 nitrogen and oxygen atoms in total. The average Bonchev–Trinajstić information content (AvgIpc) is 2.13. The first-order valence-electron chi connectivity index (χ1n) is 4.90. The predicted octanol–water partition coefficient (Wildman–Crippen LogP) is 0.914. The van der Waals surface area contributed by atoms with Gasteiger partial charge in [-0.1, -0.05) is 0 Å². The molecule has 1 saturated carbocycles. The number of hydrogen-bond acceptors (Lipinski definition) is 4. The standard InChI is InChI=1S/C10H15N3O/c1-7-5-13-10(6-12-7)14-9-3-8(4-9)11-2/h5-6,8-9,11H,3-4H2,1-2H3. The average molecular weight is 193 g/mol. The smallest absolute Gasteiger partial charge is 0.232 e. The number of ether oxygens (including phenoxy) is 1. The first-order valence-corrected chi connectivity index (χ1v) is 4.90. The Bertz CT molecular complexity index is 293. The van der Waals surface area contributed by atoms with Crippen LogP contribution in [-0.2, 0) is 0 Å². The van der Waals surface area contributed by atoms with E-state index in [9.17, 15) is 0 Å². The first-order chi connectivity index (χ1) is 6.78. The monoisotopic (exact) mass is 193 g/mol. The molecule has 76 valence electrons. The Morgan fingerprint density at radius 2 is 2.14 bits per heavy atom. The van der Waals surface area contributed by atoms with Crippen LogP contribution in [0.15, 0.2) is 12.4 Å². The summed E-state index contributed by atoms with van der Waals surface area (Å²) >= 11 is 0. The van der Waals surface area contributed by atoms with Crippen LogP contribution in [0.1, 0.15) is 18.5 Å². The maximum atomic E-state index is 5.62. The summed E-state index contributed by atoms with van der Waals surface area (Å²) < 4.78 is 5.62. The van der Waals surface area contributed by atoms with E-state index >= 15 is 0 Å². The molecule has 0 atom stereocenters. The molecular formula is C10H15N3O. The van der Waals surface area contributed by atoms with Crippen molar-refractivity contribution in [2.75, 3.05) is 7.05 Å². The molecule has 1 aromatic heterocycles. The molecule has 0 aromatic carbocycles. The van der Waals surface area contributed by atoms with Crippen LogP contribution in [-0.4, -0.2) is 29.2 Å². The fourth-order valence-electron chi connectivity index (χ4n) is 1.51. The van der Waals surface area contributed by atoms with Gasteiger partial charge in [0.2, 0.25) is 5.88 Å². The lowest BCUT2D eigenvalue weighted by atomic mass is 9.89. The van der Waals surface area contributed by atoms with Crippen LogP contribution >= 0.6 is 0 Å². The van der Waals surface area contributed by atoms with Crippen molar-refractivity contribution >= 4 is 0 Å². The maximum absolute atomic E-state index is 5.62. The van der Waals surface area contributed by atoms with E-state index < -0.39 is 0 Å². The Hall–Kier alpha value is -1.16. The minimum atomic E-state index is 0.310. The Morgan fingerprint density at radius 1 is 1.36 bits per heavy atom. The molecule has 0 unspecified atom stereocenters. The van der Waals surface area contributed by atoms with Crippen LogP contribution in [0.3, 0.4) is 0 Å². The summed E-state index contributed by atoms with van der Waals surface area (Å²) in [5.74, 6) is 0.634. The van der Waals surface area contributed by atoms with E-state index in [1.54, 1.807) is 12.4 Å². The van der Waals surface area contributed by atoms with Crippen molar-refractivity contribution in [1.82, 2.24) is 15.3 Å². The molecule has 1 aliphatic rings. The zero-order valence-electron chi connectivity index (χ0n) is 8.53. The highest BCUT2D eigenvalue weighted by Gasteiger charge is 2.29. The lowest BCUT2D eigenvalue weighted by molar-refractivity contribution is 0.0834. The quantitative estimate of drug-likeness (QED) is 0.775. The molecule has 2 rings (SSSR count). The summed E-state index contributed by atoms with van der Waals surface area (Å²) in [6, 6.07) is 0.610. The van der Waals surface area contributed by atoms with Crippen LogP contribution in [0, 0.1) is 6.92 Å². The van der Waals surface area contributed by atoms with E-state index in [2.05, 4.69) is 15.3 Å². The fourth-order valence-corrected chi connectivity index (χ4v) is 1.51. The second-order valence-electron chi connectivity index (χ2n) is 3.69.